The molecule has 118 valence electrons. The molecule has 1 aliphatic rings. The summed E-state index contributed by atoms with van der Waals surface area (Å²) < 4.78 is 1.92. The van der Waals surface area contributed by atoms with Gasteiger partial charge in [-0.25, -0.2) is 0 Å². The second-order valence-electron chi connectivity index (χ2n) is 6.44. The highest BCUT2D eigenvalue weighted by atomic mass is 16.1. The molecule has 2 rings (SSSR count). The maximum Gasteiger partial charge on any atom is 0.268 e. The second-order valence-corrected chi connectivity index (χ2v) is 6.44. The van der Waals surface area contributed by atoms with Crippen molar-refractivity contribution in [3.8, 4) is 0 Å². The Morgan fingerprint density at radius 1 is 1.43 bits per heavy atom. The van der Waals surface area contributed by atoms with E-state index in [4.69, 9.17) is 5.73 Å². The van der Waals surface area contributed by atoms with Crippen molar-refractivity contribution in [3.63, 3.8) is 0 Å². The van der Waals surface area contributed by atoms with Crippen LogP contribution in [0, 0.1) is 5.92 Å². The van der Waals surface area contributed by atoms with E-state index in [1.165, 1.54) is 12.8 Å². The van der Waals surface area contributed by atoms with Gasteiger partial charge in [-0.15, -0.1) is 0 Å². The van der Waals surface area contributed by atoms with Crippen LogP contribution in [-0.4, -0.2) is 41.6 Å². The number of nitrogen functional groups attached to an aromatic ring is 1. The number of anilines is 1. The standard InChI is InChI=1S/C16H28N4O/c1-12(2)20-11-14(17)10-15(20)16(21)18-6-9-19-7-4-13(3)5-8-19/h10-13H,4-9,17H2,1-3H3,(H,18,21). The minimum atomic E-state index is -0.0363. The highest BCUT2D eigenvalue weighted by Gasteiger charge is 2.17. The number of piperidine rings is 1. The normalized spacial score (nSPS) is 17.3. The number of carbonyl (C=O) groups excluding carboxylic acids is 1. The van der Waals surface area contributed by atoms with Crippen molar-refractivity contribution in [2.45, 2.75) is 39.7 Å². The van der Waals surface area contributed by atoms with Crippen molar-refractivity contribution in [2.24, 2.45) is 5.92 Å². The van der Waals surface area contributed by atoms with Crippen molar-refractivity contribution in [1.82, 2.24) is 14.8 Å². The van der Waals surface area contributed by atoms with Crippen LogP contribution in [0.2, 0.25) is 0 Å². The molecule has 1 aliphatic heterocycles. The fraction of sp³-hybridized carbons (Fsp3) is 0.688. The number of hydrogen-bond donors (Lipinski definition) is 2. The first-order valence-electron chi connectivity index (χ1n) is 7.95. The minimum Gasteiger partial charge on any atom is -0.397 e. The van der Waals surface area contributed by atoms with Crippen molar-refractivity contribution >= 4 is 11.6 Å². The molecule has 0 radical (unpaired) electrons. The average Bonchev–Trinajstić information content (AvgIpc) is 2.83. The second kappa shape index (κ2) is 6.98. The molecule has 0 unspecified atom stereocenters. The summed E-state index contributed by atoms with van der Waals surface area (Å²) in [4.78, 5) is 14.7. The number of nitrogens with two attached hydrogens (primary N) is 1. The van der Waals surface area contributed by atoms with E-state index in [1.807, 2.05) is 24.6 Å². The molecule has 2 heterocycles. The van der Waals surface area contributed by atoms with Crippen molar-refractivity contribution in [1.29, 1.82) is 0 Å². The summed E-state index contributed by atoms with van der Waals surface area (Å²) >= 11 is 0. The molecule has 1 saturated heterocycles. The summed E-state index contributed by atoms with van der Waals surface area (Å²) in [6.07, 6.45) is 4.35. The Hall–Kier alpha value is -1.49. The Kier molecular flexibility index (Phi) is 5.28. The number of carbonyl (C=O) groups is 1. The van der Waals surface area contributed by atoms with Gasteiger partial charge in [0.15, 0.2) is 0 Å². The van der Waals surface area contributed by atoms with Crippen LogP contribution in [-0.2, 0) is 0 Å². The van der Waals surface area contributed by atoms with Crippen molar-refractivity contribution in [3.05, 3.63) is 18.0 Å². The molecule has 21 heavy (non-hydrogen) atoms. The lowest BCUT2D eigenvalue weighted by Crippen LogP contribution is -2.39. The van der Waals surface area contributed by atoms with E-state index in [1.54, 1.807) is 6.07 Å². The van der Waals surface area contributed by atoms with E-state index in [2.05, 4.69) is 17.1 Å². The van der Waals surface area contributed by atoms with E-state index in [0.717, 1.165) is 25.6 Å². The van der Waals surface area contributed by atoms with Crippen LogP contribution in [0.25, 0.3) is 0 Å². The largest absolute Gasteiger partial charge is 0.397 e. The predicted molar refractivity (Wildman–Crippen MR) is 86.4 cm³/mol. The smallest absolute Gasteiger partial charge is 0.268 e. The van der Waals surface area contributed by atoms with Gasteiger partial charge in [-0.3, -0.25) is 4.79 Å². The van der Waals surface area contributed by atoms with Gasteiger partial charge in [0.1, 0.15) is 5.69 Å². The van der Waals surface area contributed by atoms with Gasteiger partial charge in [-0.2, -0.15) is 0 Å². The lowest BCUT2D eigenvalue weighted by atomic mass is 9.99. The van der Waals surface area contributed by atoms with Gasteiger partial charge in [-0.1, -0.05) is 6.92 Å². The Morgan fingerprint density at radius 3 is 2.71 bits per heavy atom. The van der Waals surface area contributed by atoms with E-state index >= 15 is 0 Å². The fourth-order valence-electron chi connectivity index (χ4n) is 2.81. The number of nitrogens with zero attached hydrogens (tertiary/aromatic N) is 2. The molecule has 1 aromatic rings. The SMILES string of the molecule is CC1CCN(CCNC(=O)c2cc(N)cn2C(C)C)CC1. The molecule has 0 bridgehead atoms. The van der Waals surface area contributed by atoms with E-state index in [-0.39, 0.29) is 11.9 Å². The predicted octanol–water partition coefficient (Wildman–Crippen LogP) is 2.11. The number of aromatic nitrogens is 1. The average molecular weight is 292 g/mol. The van der Waals surface area contributed by atoms with Gasteiger partial charge in [0, 0.05) is 25.3 Å². The molecule has 0 aromatic carbocycles. The van der Waals surface area contributed by atoms with Crippen LogP contribution in [0.5, 0.6) is 0 Å². The molecule has 0 spiro atoms. The maximum atomic E-state index is 12.3. The zero-order valence-electron chi connectivity index (χ0n) is 13.4. The van der Waals surface area contributed by atoms with Gasteiger partial charge in [0.2, 0.25) is 0 Å². The molecule has 5 nitrogen and oxygen atoms in total. The third kappa shape index (κ3) is 4.24. The Bertz CT molecular complexity index is 473. The molecular formula is C16H28N4O. The van der Waals surface area contributed by atoms with Gasteiger partial charge in [0.25, 0.3) is 5.91 Å². The summed E-state index contributed by atoms with van der Waals surface area (Å²) in [6.45, 7) is 10.3. The molecule has 3 N–H and O–H groups in total. The molecular weight excluding hydrogens is 264 g/mol. The van der Waals surface area contributed by atoms with Gasteiger partial charge < -0.3 is 20.5 Å². The Labute approximate surface area is 127 Å². The van der Waals surface area contributed by atoms with Crippen LogP contribution < -0.4 is 11.1 Å². The summed E-state index contributed by atoms with van der Waals surface area (Å²) in [5, 5.41) is 3.01. The number of amides is 1. The van der Waals surface area contributed by atoms with Gasteiger partial charge in [0.05, 0.1) is 5.69 Å². The number of rotatable bonds is 5. The highest BCUT2D eigenvalue weighted by Crippen LogP contribution is 2.17. The maximum absolute atomic E-state index is 12.3. The van der Waals surface area contributed by atoms with Gasteiger partial charge in [-0.05, 0) is 51.8 Å². The first kappa shape index (κ1) is 15.9. The molecule has 5 heteroatoms. The number of hydrogen-bond acceptors (Lipinski definition) is 3. The number of nitrogens with one attached hydrogen (secondary N) is 1. The molecule has 0 aliphatic carbocycles. The number of likely N-dealkylation sites (tertiary alicyclic amines) is 1. The summed E-state index contributed by atoms with van der Waals surface area (Å²) in [5.74, 6) is 0.805. The van der Waals surface area contributed by atoms with Crippen LogP contribution in [0.3, 0.4) is 0 Å². The molecule has 1 amide bonds. The molecule has 0 atom stereocenters. The van der Waals surface area contributed by atoms with Gasteiger partial charge >= 0.3 is 0 Å². The Morgan fingerprint density at radius 2 is 2.10 bits per heavy atom. The topological polar surface area (TPSA) is 63.3 Å². The minimum absolute atomic E-state index is 0.0363. The van der Waals surface area contributed by atoms with Crippen molar-refractivity contribution < 1.29 is 4.79 Å². The third-order valence-electron chi connectivity index (χ3n) is 4.25. The fourth-order valence-corrected chi connectivity index (χ4v) is 2.81. The van der Waals surface area contributed by atoms with Crippen LogP contribution in [0.1, 0.15) is 50.1 Å². The lowest BCUT2D eigenvalue weighted by Gasteiger charge is -2.30. The monoisotopic (exact) mass is 292 g/mol. The third-order valence-corrected chi connectivity index (χ3v) is 4.25. The zero-order chi connectivity index (χ0) is 15.4. The highest BCUT2D eigenvalue weighted by molar-refractivity contribution is 5.93. The molecule has 1 aromatic heterocycles. The summed E-state index contributed by atoms with van der Waals surface area (Å²) in [5.41, 5.74) is 7.09. The van der Waals surface area contributed by atoms with Crippen LogP contribution in [0.4, 0.5) is 5.69 Å². The molecule has 1 fully saturated rings. The lowest BCUT2D eigenvalue weighted by molar-refractivity contribution is 0.0934. The quantitative estimate of drug-likeness (QED) is 0.873. The first-order valence-corrected chi connectivity index (χ1v) is 7.95. The van der Waals surface area contributed by atoms with E-state index in [0.29, 0.717) is 17.9 Å². The summed E-state index contributed by atoms with van der Waals surface area (Å²) in [6, 6.07) is 1.98. The van der Waals surface area contributed by atoms with Crippen LogP contribution >= 0.6 is 0 Å². The first-order chi connectivity index (χ1) is 9.97. The zero-order valence-corrected chi connectivity index (χ0v) is 13.4. The van der Waals surface area contributed by atoms with Crippen molar-refractivity contribution in [2.75, 3.05) is 31.9 Å². The van der Waals surface area contributed by atoms with E-state index < -0.39 is 0 Å². The molecule has 0 saturated carbocycles. The van der Waals surface area contributed by atoms with Crippen LogP contribution in [0.15, 0.2) is 12.3 Å². The summed E-state index contributed by atoms with van der Waals surface area (Å²) in [7, 11) is 0. The van der Waals surface area contributed by atoms with E-state index in [9.17, 15) is 4.79 Å². The Balaban J connectivity index is 1.82.